The molecule has 78 valence electrons. The van der Waals surface area contributed by atoms with Crippen molar-refractivity contribution in [1.82, 2.24) is 10.2 Å². The van der Waals surface area contributed by atoms with Gasteiger partial charge in [-0.1, -0.05) is 6.08 Å². The number of nitrogens with zero attached hydrogens (tertiary/aromatic N) is 1. The van der Waals surface area contributed by atoms with Crippen molar-refractivity contribution in [3.05, 3.63) is 23.4 Å². The summed E-state index contributed by atoms with van der Waals surface area (Å²) in [6.07, 6.45) is 8.54. The lowest BCUT2D eigenvalue weighted by atomic mass is 9.90. The Hall–Kier alpha value is -0.470. The van der Waals surface area contributed by atoms with Crippen molar-refractivity contribution in [2.24, 2.45) is 0 Å². The molecular weight excluding hydrogens is 196 g/mol. The van der Waals surface area contributed by atoms with Gasteiger partial charge < -0.3 is 10.2 Å². The van der Waals surface area contributed by atoms with E-state index in [0.29, 0.717) is 6.04 Å². The van der Waals surface area contributed by atoms with Gasteiger partial charge in [0.2, 0.25) is 0 Å². The molecule has 0 saturated carbocycles. The maximum atomic E-state index is 3.62. The van der Waals surface area contributed by atoms with E-state index in [0.717, 1.165) is 6.54 Å². The van der Waals surface area contributed by atoms with Crippen LogP contribution in [0.4, 0.5) is 0 Å². The molecule has 0 spiro atoms. The predicted molar refractivity (Wildman–Crippen MR) is 60.6 cm³/mol. The zero-order chi connectivity index (χ0) is 8.67. The van der Waals surface area contributed by atoms with Crippen molar-refractivity contribution >= 4 is 12.4 Å². The van der Waals surface area contributed by atoms with Crippen molar-refractivity contribution < 1.29 is 0 Å². The predicted octanol–water partition coefficient (Wildman–Crippen LogP) is 1.69. The Morgan fingerprint density at radius 3 is 3.29 bits per heavy atom. The molecule has 3 aliphatic rings. The number of piperidine rings is 1. The second kappa shape index (κ2) is 3.95. The Bertz CT molecular complexity index is 283. The van der Waals surface area contributed by atoms with Crippen LogP contribution in [0.25, 0.3) is 0 Å². The van der Waals surface area contributed by atoms with Gasteiger partial charge in [0.25, 0.3) is 0 Å². The normalized spacial score (nSPS) is 29.7. The monoisotopic (exact) mass is 212 g/mol. The highest BCUT2D eigenvalue weighted by molar-refractivity contribution is 5.85. The van der Waals surface area contributed by atoms with Gasteiger partial charge in [0.1, 0.15) is 0 Å². The van der Waals surface area contributed by atoms with Crippen LogP contribution in [0.15, 0.2) is 23.4 Å². The van der Waals surface area contributed by atoms with Crippen molar-refractivity contribution in [3.63, 3.8) is 0 Å². The number of fused-ring (bicyclic) bond motifs is 2. The fourth-order valence-corrected chi connectivity index (χ4v) is 2.74. The van der Waals surface area contributed by atoms with Gasteiger partial charge in [-0.15, -0.1) is 12.4 Å². The lowest BCUT2D eigenvalue weighted by molar-refractivity contribution is 0.315. The molecule has 0 aromatic heterocycles. The molecule has 0 bridgehead atoms. The zero-order valence-corrected chi connectivity index (χ0v) is 9.15. The maximum absolute atomic E-state index is 3.62. The highest BCUT2D eigenvalue weighted by atomic mass is 35.5. The number of allylic oxidation sites excluding steroid dienone is 1. The van der Waals surface area contributed by atoms with Crippen LogP contribution in [0.1, 0.15) is 19.3 Å². The van der Waals surface area contributed by atoms with E-state index in [4.69, 9.17) is 0 Å². The molecule has 14 heavy (non-hydrogen) atoms. The zero-order valence-electron chi connectivity index (χ0n) is 8.33. The minimum Gasteiger partial charge on any atom is -0.368 e. The average Bonchev–Trinajstić information content (AvgIpc) is 2.65. The highest BCUT2D eigenvalue weighted by Crippen LogP contribution is 2.31. The van der Waals surface area contributed by atoms with Gasteiger partial charge in [-0.2, -0.15) is 0 Å². The van der Waals surface area contributed by atoms with Gasteiger partial charge in [0.05, 0.1) is 0 Å². The van der Waals surface area contributed by atoms with E-state index in [-0.39, 0.29) is 12.4 Å². The van der Waals surface area contributed by atoms with E-state index >= 15 is 0 Å². The summed E-state index contributed by atoms with van der Waals surface area (Å²) in [6, 6.07) is 0.697. The number of halogens is 1. The van der Waals surface area contributed by atoms with Crippen LogP contribution >= 0.6 is 12.4 Å². The van der Waals surface area contributed by atoms with Crippen molar-refractivity contribution in [3.8, 4) is 0 Å². The summed E-state index contributed by atoms with van der Waals surface area (Å²) in [4.78, 5) is 2.51. The van der Waals surface area contributed by atoms with E-state index in [1.807, 2.05) is 0 Å². The van der Waals surface area contributed by atoms with Gasteiger partial charge in [-0.05, 0) is 37.5 Å². The van der Waals surface area contributed by atoms with Crippen LogP contribution < -0.4 is 5.32 Å². The summed E-state index contributed by atoms with van der Waals surface area (Å²) in [6.45, 7) is 3.60. The molecule has 0 amide bonds. The second-order valence-corrected chi connectivity index (χ2v) is 4.16. The van der Waals surface area contributed by atoms with E-state index in [1.54, 1.807) is 5.57 Å². The smallest absolute Gasteiger partial charge is 0.0374 e. The Morgan fingerprint density at radius 2 is 2.36 bits per heavy atom. The van der Waals surface area contributed by atoms with Crippen molar-refractivity contribution in [2.75, 3.05) is 19.6 Å². The standard InChI is InChI=1S/C11H16N2.ClH/c1-3-9-10(12-6-1)5-8-13-7-2-4-11(9)13;/h2,4,10,12H,1,3,5-8H2;1H. The molecule has 1 unspecified atom stereocenters. The van der Waals surface area contributed by atoms with E-state index in [9.17, 15) is 0 Å². The van der Waals surface area contributed by atoms with Crippen LogP contribution in [0.5, 0.6) is 0 Å². The summed E-state index contributed by atoms with van der Waals surface area (Å²) in [5.74, 6) is 0. The molecule has 0 aliphatic carbocycles. The summed E-state index contributed by atoms with van der Waals surface area (Å²) in [5.41, 5.74) is 3.20. The minimum absolute atomic E-state index is 0. The third-order valence-corrected chi connectivity index (χ3v) is 3.39. The fourth-order valence-electron chi connectivity index (χ4n) is 2.74. The molecule has 1 fully saturated rings. The highest BCUT2D eigenvalue weighted by Gasteiger charge is 2.29. The molecule has 3 heterocycles. The van der Waals surface area contributed by atoms with Crippen LogP contribution in [0.2, 0.25) is 0 Å². The van der Waals surface area contributed by atoms with Gasteiger partial charge in [-0.25, -0.2) is 0 Å². The Morgan fingerprint density at radius 1 is 1.43 bits per heavy atom. The summed E-state index contributed by atoms with van der Waals surface area (Å²) >= 11 is 0. The first-order valence-corrected chi connectivity index (χ1v) is 5.33. The first-order valence-electron chi connectivity index (χ1n) is 5.33. The Kier molecular flexibility index (Phi) is 2.84. The quantitative estimate of drug-likeness (QED) is 0.658. The molecule has 0 aromatic carbocycles. The van der Waals surface area contributed by atoms with Crippen LogP contribution in [-0.4, -0.2) is 30.6 Å². The van der Waals surface area contributed by atoms with Gasteiger partial charge >= 0.3 is 0 Å². The minimum atomic E-state index is 0. The third kappa shape index (κ3) is 1.47. The molecule has 0 radical (unpaired) electrons. The molecule has 0 aromatic rings. The summed E-state index contributed by atoms with van der Waals surface area (Å²) in [7, 11) is 0. The molecule has 1 N–H and O–H groups in total. The van der Waals surface area contributed by atoms with Crippen molar-refractivity contribution in [1.29, 1.82) is 0 Å². The third-order valence-electron chi connectivity index (χ3n) is 3.39. The molecule has 2 nitrogen and oxygen atoms in total. The first kappa shape index (κ1) is 10.1. The van der Waals surface area contributed by atoms with Gasteiger partial charge in [0.15, 0.2) is 0 Å². The number of hydrogen-bond acceptors (Lipinski definition) is 2. The number of rotatable bonds is 0. The average molecular weight is 213 g/mol. The molecule has 3 aliphatic heterocycles. The Balaban J connectivity index is 0.000000750. The summed E-state index contributed by atoms with van der Waals surface area (Å²) < 4.78 is 0. The lowest BCUT2D eigenvalue weighted by Gasteiger charge is -2.37. The molecular formula is C11H17ClN2. The Labute approximate surface area is 91.5 Å². The maximum Gasteiger partial charge on any atom is 0.0374 e. The van der Waals surface area contributed by atoms with Crippen LogP contribution in [0.3, 0.4) is 0 Å². The van der Waals surface area contributed by atoms with Gasteiger partial charge in [-0.3, -0.25) is 0 Å². The molecule has 1 atom stereocenters. The number of nitrogens with one attached hydrogen (secondary N) is 1. The summed E-state index contributed by atoms with van der Waals surface area (Å²) in [5, 5.41) is 3.62. The lowest BCUT2D eigenvalue weighted by Crippen LogP contribution is -2.43. The van der Waals surface area contributed by atoms with E-state index < -0.39 is 0 Å². The first-order chi connectivity index (χ1) is 6.45. The molecule has 3 rings (SSSR count). The van der Waals surface area contributed by atoms with Crippen LogP contribution in [0, 0.1) is 0 Å². The van der Waals surface area contributed by atoms with E-state index in [2.05, 4.69) is 22.4 Å². The van der Waals surface area contributed by atoms with Gasteiger partial charge in [0, 0.05) is 24.8 Å². The molecule has 3 heteroatoms. The second-order valence-electron chi connectivity index (χ2n) is 4.16. The largest absolute Gasteiger partial charge is 0.368 e. The topological polar surface area (TPSA) is 15.3 Å². The van der Waals surface area contributed by atoms with Crippen LogP contribution in [-0.2, 0) is 0 Å². The SMILES string of the molecule is C1=CC2=C3CCCNC3CCN2C1.Cl. The fraction of sp³-hybridized carbons (Fsp3) is 0.636. The molecule has 1 saturated heterocycles. The van der Waals surface area contributed by atoms with Crippen molar-refractivity contribution in [2.45, 2.75) is 25.3 Å². The van der Waals surface area contributed by atoms with E-state index in [1.165, 1.54) is 38.0 Å². The number of hydrogen-bond donors (Lipinski definition) is 1.